The van der Waals surface area contributed by atoms with Crippen molar-refractivity contribution >= 4 is 22.6 Å². The lowest BCUT2D eigenvalue weighted by Gasteiger charge is -2.29. The number of carbonyl (C=O) groups excluding carboxylic acids is 1. The highest BCUT2D eigenvalue weighted by atomic mass is 16.5. The summed E-state index contributed by atoms with van der Waals surface area (Å²) < 4.78 is 13.2. The van der Waals surface area contributed by atoms with Crippen LogP contribution in [0, 0.1) is 0 Å². The highest BCUT2D eigenvalue weighted by Crippen LogP contribution is 2.34. The Bertz CT molecular complexity index is 1270. The van der Waals surface area contributed by atoms with Gasteiger partial charge in [0.1, 0.15) is 5.82 Å². The first-order valence-electron chi connectivity index (χ1n) is 12.6. The van der Waals surface area contributed by atoms with E-state index in [1.807, 2.05) is 12.1 Å². The van der Waals surface area contributed by atoms with E-state index in [4.69, 9.17) is 14.5 Å². The molecule has 8 nitrogen and oxygen atoms in total. The SMILES string of the molecule is COc1cc2c(cc1OC)CN(CCC(=O)Nc1ccc3c(c1)nc1n3CCN(C3CC3)C1)CC2. The first-order chi connectivity index (χ1) is 17.1. The molecule has 1 aromatic heterocycles. The zero-order valence-corrected chi connectivity index (χ0v) is 20.5. The van der Waals surface area contributed by atoms with Crippen LogP contribution in [0.1, 0.15) is 36.2 Å². The van der Waals surface area contributed by atoms with Crippen molar-refractivity contribution in [3.63, 3.8) is 0 Å². The second kappa shape index (κ2) is 9.17. The Labute approximate surface area is 205 Å². The largest absolute Gasteiger partial charge is 0.493 e. The van der Waals surface area contributed by atoms with Gasteiger partial charge in [-0.3, -0.25) is 14.6 Å². The molecule has 1 aliphatic carbocycles. The fourth-order valence-electron chi connectivity index (χ4n) is 5.48. The van der Waals surface area contributed by atoms with Gasteiger partial charge < -0.3 is 19.4 Å². The van der Waals surface area contributed by atoms with Gasteiger partial charge >= 0.3 is 0 Å². The number of rotatable bonds is 7. The Balaban J connectivity index is 1.06. The summed E-state index contributed by atoms with van der Waals surface area (Å²) in [4.78, 5) is 22.5. The summed E-state index contributed by atoms with van der Waals surface area (Å²) in [7, 11) is 3.33. The van der Waals surface area contributed by atoms with Gasteiger partial charge in [0, 0.05) is 50.9 Å². The Morgan fingerprint density at radius 3 is 2.60 bits per heavy atom. The number of nitrogens with zero attached hydrogens (tertiary/aromatic N) is 4. The average Bonchev–Trinajstić information content (AvgIpc) is 3.67. The lowest BCUT2D eigenvalue weighted by Crippen LogP contribution is -2.35. The van der Waals surface area contributed by atoms with E-state index in [0.717, 1.165) is 85.8 Å². The summed E-state index contributed by atoms with van der Waals surface area (Å²) in [5.41, 5.74) is 5.47. The third kappa shape index (κ3) is 4.48. The van der Waals surface area contributed by atoms with E-state index in [2.05, 4.69) is 37.9 Å². The molecule has 1 N–H and O–H groups in total. The molecule has 3 aliphatic rings. The monoisotopic (exact) mass is 475 g/mol. The van der Waals surface area contributed by atoms with Gasteiger partial charge in [0.2, 0.25) is 5.91 Å². The number of hydrogen-bond donors (Lipinski definition) is 1. The number of carbonyl (C=O) groups is 1. The van der Waals surface area contributed by atoms with Crippen LogP contribution in [0.2, 0.25) is 0 Å². The van der Waals surface area contributed by atoms with Gasteiger partial charge in [0.25, 0.3) is 0 Å². The standard InChI is InChI=1S/C27H33N5O3/c1-34-24-13-18-7-9-30(16-19(18)14-25(24)35-2)10-8-27(33)28-20-3-6-23-22(15-20)29-26-17-31(21-4-5-21)11-12-32(23)26/h3,6,13-15,21H,4-5,7-12,16-17H2,1-2H3,(H,28,33). The van der Waals surface area contributed by atoms with Crippen molar-refractivity contribution in [1.29, 1.82) is 0 Å². The molecule has 3 aromatic rings. The van der Waals surface area contributed by atoms with Crippen molar-refractivity contribution < 1.29 is 14.3 Å². The van der Waals surface area contributed by atoms with Gasteiger partial charge in [0.15, 0.2) is 11.5 Å². The number of aromatic nitrogens is 2. The van der Waals surface area contributed by atoms with Crippen molar-refractivity contribution in [2.24, 2.45) is 0 Å². The number of benzene rings is 2. The quantitative estimate of drug-likeness (QED) is 0.565. The number of imidazole rings is 1. The van der Waals surface area contributed by atoms with Gasteiger partial charge in [-0.2, -0.15) is 0 Å². The van der Waals surface area contributed by atoms with E-state index in [-0.39, 0.29) is 5.91 Å². The molecule has 2 aliphatic heterocycles. The number of ether oxygens (including phenoxy) is 2. The molecule has 0 saturated heterocycles. The van der Waals surface area contributed by atoms with E-state index in [9.17, 15) is 4.79 Å². The smallest absolute Gasteiger partial charge is 0.225 e. The molecule has 0 radical (unpaired) electrons. The van der Waals surface area contributed by atoms with E-state index >= 15 is 0 Å². The van der Waals surface area contributed by atoms with Crippen LogP contribution in [-0.4, -0.2) is 65.2 Å². The van der Waals surface area contributed by atoms with Crippen LogP contribution in [0.4, 0.5) is 5.69 Å². The van der Waals surface area contributed by atoms with E-state index < -0.39 is 0 Å². The number of hydrogen-bond acceptors (Lipinski definition) is 6. The number of methoxy groups -OCH3 is 2. The van der Waals surface area contributed by atoms with Crippen molar-refractivity contribution in [1.82, 2.24) is 19.4 Å². The Kier molecular flexibility index (Phi) is 5.86. The molecule has 0 spiro atoms. The van der Waals surface area contributed by atoms with Gasteiger partial charge in [-0.25, -0.2) is 4.98 Å². The first kappa shape index (κ1) is 22.4. The molecule has 3 heterocycles. The topological polar surface area (TPSA) is 71.9 Å². The third-order valence-corrected chi connectivity index (χ3v) is 7.58. The minimum atomic E-state index is 0.0336. The molecule has 1 saturated carbocycles. The van der Waals surface area contributed by atoms with Crippen molar-refractivity contribution in [2.75, 3.05) is 39.2 Å². The van der Waals surface area contributed by atoms with Crippen LogP contribution in [-0.2, 0) is 30.8 Å². The predicted molar refractivity (Wildman–Crippen MR) is 135 cm³/mol. The van der Waals surface area contributed by atoms with E-state index in [1.54, 1.807) is 14.2 Å². The molecule has 1 amide bonds. The van der Waals surface area contributed by atoms with Crippen LogP contribution in [0.5, 0.6) is 11.5 Å². The molecule has 35 heavy (non-hydrogen) atoms. The maximum absolute atomic E-state index is 12.7. The number of nitrogens with one attached hydrogen (secondary N) is 1. The van der Waals surface area contributed by atoms with E-state index in [0.29, 0.717) is 6.42 Å². The maximum Gasteiger partial charge on any atom is 0.225 e. The van der Waals surface area contributed by atoms with Gasteiger partial charge in [-0.1, -0.05) is 0 Å². The molecule has 8 heteroatoms. The number of amides is 1. The molecule has 1 fully saturated rings. The van der Waals surface area contributed by atoms with Crippen LogP contribution >= 0.6 is 0 Å². The molecule has 0 atom stereocenters. The number of fused-ring (bicyclic) bond motifs is 4. The van der Waals surface area contributed by atoms with Crippen LogP contribution in [0.15, 0.2) is 30.3 Å². The summed E-state index contributed by atoms with van der Waals surface area (Å²) in [5.74, 6) is 2.70. The Morgan fingerprint density at radius 1 is 1.03 bits per heavy atom. The second-order valence-electron chi connectivity index (χ2n) is 9.89. The van der Waals surface area contributed by atoms with Crippen LogP contribution in [0.3, 0.4) is 0 Å². The van der Waals surface area contributed by atoms with Crippen LogP contribution < -0.4 is 14.8 Å². The fourth-order valence-corrected chi connectivity index (χ4v) is 5.48. The lowest BCUT2D eigenvalue weighted by atomic mass is 9.98. The lowest BCUT2D eigenvalue weighted by molar-refractivity contribution is -0.116. The van der Waals surface area contributed by atoms with Crippen molar-refractivity contribution in [2.45, 2.75) is 51.4 Å². The minimum absolute atomic E-state index is 0.0336. The zero-order valence-electron chi connectivity index (χ0n) is 20.5. The molecule has 184 valence electrons. The highest BCUT2D eigenvalue weighted by molar-refractivity contribution is 5.93. The van der Waals surface area contributed by atoms with E-state index in [1.165, 1.54) is 24.0 Å². The summed E-state index contributed by atoms with van der Waals surface area (Å²) >= 11 is 0. The highest BCUT2D eigenvalue weighted by Gasteiger charge is 2.32. The summed E-state index contributed by atoms with van der Waals surface area (Å²) in [6, 6.07) is 11.0. The van der Waals surface area contributed by atoms with Gasteiger partial charge in [-0.15, -0.1) is 0 Å². The number of anilines is 1. The molecular weight excluding hydrogens is 442 g/mol. The fraction of sp³-hybridized carbons (Fsp3) is 0.481. The molecule has 6 rings (SSSR count). The molecule has 0 unspecified atom stereocenters. The maximum atomic E-state index is 12.7. The second-order valence-corrected chi connectivity index (χ2v) is 9.89. The molecule has 2 aromatic carbocycles. The zero-order chi connectivity index (χ0) is 23.9. The van der Waals surface area contributed by atoms with Gasteiger partial charge in [-0.05, 0) is 60.7 Å². The van der Waals surface area contributed by atoms with Gasteiger partial charge in [0.05, 0.1) is 31.8 Å². The average molecular weight is 476 g/mol. The molecule has 0 bridgehead atoms. The molecular formula is C27H33N5O3. The first-order valence-corrected chi connectivity index (χ1v) is 12.6. The summed E-state index contributed by atoms with van der Waals surface area (Å²) in [5, 5.41) is 3.08. The normalized spacial score (nSPS) is 18.2. The predicted octanol–water partition coefficient (Wildman–Crippen LogP) is 3.42. The summed E-state index contributed by atoms with van der Waals surface area (Å²) in [6.45, 7) is 5.48. The van der Waals surface area contributed by atoms with Crippen molar-refractivity contribution in [3.8, 4) is 11.5 Å². The Morgan fingerprint density at radius 2 is 1.83 bits per heavy atom. The van der Waals surface area contributed by atoms with Crippen molar-refractivity contribution in [3.05, 3.63) is 47.3 Å². The summed E-state index contributed by atoms with van der Waals surface area (Å²) in [6.07, 6.45) is 4.04. The van der Waals surface area contributed by atoms with Crippen LogP contribution in [0.25, 0.3) is 11.0 Å². The Hall–Kier alpha value is -3.10. The minimum Gasteiger partial charge on any atom is -0.493 e. The third-order valence-electron chi connectivity index (χ3n) is 7.58.